The smallest absolute Gasteiger partial charge is 0.319 e. The summed E-state index contributed by atoms with van der Waals surface area (Å²) in [6, 6.07) is 29.1. The van der Waals surface area contributed by atoms with E-state index in [1.807, 2.05) is 60.3 Å². The van der Waals surface area contributed by atoms with Crippen LogP contribution in [0.5, 0.6) is 5.75 Å². The maximum atomic E-state index is 15.3. The van der Waals surface area contributed by atoms with Crippen LogP contribution in [0.15, 0.2) is 91.0 Å². The summed E-state index contributed by atoms with van der Waals surface area (Å²) in [4.78, 5) is 0. The highest BCUT2D eigenvalue weighted by molar-refractivity contribution is 7.00. The first-order chi connectivity index (χ1) is 19.1. The van der Waals surface area contributed by atoms with Gasteiger partial charge in [0.25, 0.3) is 0 Å². The van der Waals surface area contributed by atoms with Crippen LogP contribution in [0.4, 0.5) is 8.78 Å². The summed E-state index contributed by atoms with van der Waals surface area (Å²) in [5, 5.41) is 7.14. The summed E-state index contributed by atoms with van der Waals surface area (Å²) in [6.45, 7) is 6.59. The van der Waals surface area contributed by atoms with Crippen molar-refractivity contribution in [2.24, 2.45) is 7.05 Å². The first-order valence-electron chi connectivity index (χ1n) is 13.4. The number of aromatic nitrogens is 2. The number of hydrogen-bond donors (Lipinski definition) is 0. The van der Waals surface area contributed by atoms with Gasteiger partial charge in [-0.15, -0.1) is 11.6 Å². The third kappa shape index (κ3) is 5.18. The molecule has 1 heterocycles. The number of alkyl halides is 1. The van der Waals surface area contributed by atoms with Crippen LogP contribution in [-0.4, -0.2) is 18.1 Å². The van der Waals surface area contributed by atoms with E-state index in [0.29, 0.717) is 29.9 Å². The minimum atomic E-state index is -3.00. The molecule has 0 aliphatic rings. The summed E-state index contributed by atoms with van der Waals surface area (Å²) < 4.78 is 38.9. The van der Waals surface area contributed by atoms with Gasteiger partial charge in [0.1, 0.15) is 5.75 Å². The largest absolute Gasteiger partial charge is 0.534 e. The van der Waals surface area contributed by atoms with Gasteiger partial charge in [-0.2, -0.15) is 5.10 Å². The van der Waals surface area contributed by atoms with Gasteiger partial charge in [-0.1, -0.05) is 81.4 Å². The average molecular weight is 575 g/mol. The van der Waals surface area contributed by atoms with Crippen LogP contribution in [0.2, 0.25) is 5.04 Å². The molecule has 0 N–H and O–H groups in total. The van der Waals surface area contributed by atoms with Crippen LogP contribution in [0.1, 0.15) is 37.7 Å². The molecule has 1 aromatic heterocycles. The van der Waals surface area contributed by atoms with E-state index in [0.717, 1.165) is 27.3 Å². The molecule has 0 amide bonds. The molecule has 0 unspecified atom stereocenters. The Hall–Kier alpha value is -3.48. The molecule has 0 radical (unpaired) electrons. The molecule has 206 valence electrons. The average Bonchev–Trinajstić information content (AvgIpc) is 3.32. The minimum Gasteiger partial charge on any atom is -0.534 e. The standard InChI is InChI=1S/C33H33ClF2N2OSi/c1-33(2,3)40(26-11-7-5-8-12-26,27-13-9-6-10-14-27)39-31-20-23(15-16-25-21-24(22-34)37-38(25)4)19-29-28(31)17-18-30(35)32(29)36/h5-14,17-21H,15-16,22H2,1-4H3. The first-order valence-corrected chi connectivity index (χ1v) is 15.9. The topological polar surface area (TPSA) is 27.1 Å². The number of rotatable bonds is 8. The lowest BCUT2D eigenvalue weighted by molar-refractivity contribution is 0.507. The van der Waals surface area contributed by atoms with Gasteiger partial charge in [0.2, 0.25) is 0 Å². The second-order valence-corrected chi connectivity index (χ2v) is 15.7. The fourth-order valence-corrected chi connectivity index (χ4v) is 10.1. The lowest BCUT2D eigenvalue weighted by atomic mass is 10.0. The molecule has 5 aromatic rings. The van der Waals surface area contributed by atoms with E-state index in [1.165, 1.54) is 6.07 Å². The van der Waals surface area contributed by atoms with Gasteiger partial charge in [0.05, 0.1) is 11.6 Å². The predicted octanol–water partition coefficient (Wildman–Crippen LogP) is 7.31. The van der Waals surface area contributed by atoms with Crippen molar-refractivity contribution in [1.82, 2.24) is 9.78 Å². The van der Waals surface area contributed by atoms with Crippen LogP contribution < -0.4 is 14.8 Å². The van der Waals surface area contributed by atoms with E-state index in [2.05, 4.69) is 50.1 Å². The van der Waals surface area contributed by atoms with Crippen LogP contribution in [-0.2, 0) is 25.8 Å². The van der Waals surface area contributed by atoms with Crippen LogP contribution >= 0.6 is 11.6 Å². The van der Waals surface area contributed by atoms with Gasteiger partial charge < -0.3 is 4.43 Å². The predicted molar refractivity (Wildman–Crippen MR) is 162 cm³/mol. The third-order valence-corrected chi connectivity index (χ3v) is 12.8. The van der Waals surface area contributed by atoms with Crippen LogP contribution in [0, 0.1) is 11.6 Å². The molecule has 3 nitrogen and oxygen atoms in total. The summed E-state index contributed by atoms with van der Waals surface area (Å²) >= 11 is 5.98. The zero-order valence-corrected chi connectivity index (χ0v) is 25.0. The molecule has 0 spiro atoms. The van der Waals surface area contributed by atoms with Crippen molar-refractivity contribution in [3.63, 3.8) is 0 Å². The number of nitrogens with zero attached hydrogens (tertiary/aromatic N) is 2. The lowest BCUT2D eigenvalue weighted by Crippen LogP contribution is -2.68. The molecule has 0 aliphatic carbocycles. The SMILES string of the molecule is Cn1nc(CCl)cc1CCc1cc(O[Si](c2ccccc2)(c2ccccc2)C(C)(C)C)c2ccc(F)c(F)c2c1. The van der Waals surface area contributed by atoms with Crippen molar-refractivity contribution < 1.29 is 13.2 Å². The Morgan fingerprint density at radius 1 is 0.825 bits per heavy atom. The maximum Gasteiger partial charge on any atom is 0.319 e. The van der Waals surface area contributed by atoms with Gasteiger partial charge in [-0.25, -0.2) is 8.78 Å². The van der Waals surface area contributed by atoms with E-state index < -0.39 is 20.0 Å². The monoisotopic (exact) mass is 574 g/mol. The van der Waals surface area contributed by atoms with Gasteiger partial charge in [-0.3, -0.25) is 4.68 Å². The van der Waals surface area contributed by atoms with Gasteiger partial charge >= 0.3 is 8.32 Å². The molecule has 40 heavy (non-hydrogen) atoms. The Morgan fingerprint density at radius 3 is 2.00 bits per heavy atom. The van der Waals surface area contributed by atoms with E-state index in [4.69, 9.17) is 16.0 Å². The minimum absolute atomic E-state index is 0.219. The molecule has 5 rings (SSSR count). The van der Waals surface area contributed by atoms with E-state index in [9.17, 15) is 4.39 Å². The Bertz CT molecular complexity index is 1590. The van der Waals surface area contributed by atoms with Crippen molar-refractivity contribution in [2.75, 3.05) is 0 Å². The number of fused-ring (bicyclic) bond motifs is 1. The summed E-state index contributed by atoms with van der Waals surface area (Å²) in [6.07, 6.45) is 1.27. The van der Waals surface area contributed by atoms with E-state index >= 15 is 4.39 Å². The number of hydrogen-bond acceptors (Lipinski definition) is 2. The highest BCUT2D eigenvalue weighted by Gasteiger charge is 2.52. The molecule has 4 aromatic carbocycles. The highest BCUT2D eigenvalue weighted by atomic mass is 35.5. The Labute approximate surface area is 240 Å². The third-order valence-electron chi connectivity index (χ3n) is 7.56. The van der Waals surface area contributed by atoms with Gasteiger partial charge in [0.15, 0.2) is 11.6 Å². The number of benzene rings is 4. The molecule has 0 aliphatic heterocycles. The Kier molecular flexibility index (Phi) is 7.84. The van der Waals surface area contributed by atoms with Crippen molar-refractivity contribution in [2.45, 2.75) is 44.5 Å². The fourth-order valence-electron chi connectivity index (χ4n) is 5.58. The molecule has 7 heteroatoms. The molecular formula is C33H33ClF2N2OSi. The first kappa shape index (κ1) is 28.1. The van der Waals surface area contributed by atoms with Crippen LogP contribution in [0.3, 0.4) is 0 Å². The zero-order chi connectivity index (χ0) is 28.5. The number of halogens is 3. The summed E-state index contributed by atoms with van der Waals surface area (Å²) in [5.74, 6) is -0.840. The van der Waals surface area contributed by atoms with Crippen molar-refractivity contribution in [3.05, 3.63) is 120 Å². The summed E-state index contributed by atoms with van der Waals surface area (Å²) in [5.41, 5.74) is 2.69. The second kappa shape index (κ2) is 11.2. The van der Waals surface area contributed by atoms with Crippen LogP contribution in [0.25, 0.3) is 10.8 Å². The molecule has 0 fully saturated rings. The quantitative estimate of drug-likeness (QED) is 0.143. The Balaban J connectivity index is 1.69. The molecule has 0 saturated heterocycles. The zero-order valence-electron chi connectivity index (χ0n) is 23.2. The molecule has 0 saturated carbocycles. The van der Waals surface area contributed by atoms with E-state index in [-0.39, 0.29) is 10.4 Å². The lowest BCUT2D eigenvalue weighted by Gasteiger charge is -2.43. The fraction of sp³-hybridized carbons (Fsp3) is 0.242. The second-order valence-electron chi connectivity index (χ2n) is 11.2. The van der Waals surface area contributed by atoms with Gasteiger partial charge in [-0.05, 0) is 64.1 Å². The highest BCUT2D eigenvalue weighted by Crippen LogP contribution is 2.40. The van der Waals surface area contributed by atoms with Crippen molar-refractivity contribution in [3.8, 4) is 5.75 Å². The normalized spacial score (nSPS) is 12.2. The summed E-state index contributed by atoms with van der Waals surface area (Å²) in [7, 11) is -1.12. The number of aryl methyl sites for hydroxylation is 3. The Morgan fingerprint density at radius 2 is 1.45 bits per heavy atom. The van der Waals surface area contributed by atoms with E-state index in [1.54, 1.807) is 12.1 Å². The van der Waals surface area contributed by atoms with Gasteiger partial charge in [0, 0.05) is 23.5 Å². The van der Waals surface area contributed by atoms with Crippen molar-refractivity contribution >= 4 is 41.1 Å². The molecule has 0 atom stereocenters. The van der Waals surface area contributed by atoms with Crippen molar-refractivity contribution in [1.29, 1.82) is 0 Å². The molecule has 0 bridgehead atoms. The molecular weight excluding hydrogens is 542 g/mol. The maximum absolute atomic E-state index is 15.3.